The largest absolute Gasteiger partial charge is 0.0847 e. The quantitative estimate of drug-likeness (QED) is 0.506. The molecule has 0 aromatic carbocycles. The lowest BCUT2D eigenvalue weighted by molar-refractivity contribution is 0.957. The Morgan fingerprint density at radius 2 is 2.11 bits per heavy atom. The summed E-state index contributed by atoms with van der Waals surface area (Å²) in [6.45, 7) is 6.37. The number of allylic oxidation sites excluding steroid dienone is 4. The molecule has 0 aromatic heterocycles. The van der Waals surface area contributed by atoms with Gasteiger partial charge in [-0.3, -0.25) is 0 Å². The number of hydrogen-bond donors (Lipinski definition) is 0. The van der Waals surface area contributed by atoms with E-state index in [-0.39, 0.29) is 0 Å². The molecule has 0 saturated carbocycles. The van der Waals surface area contributed by atoms with Crippen LogP contribution in [0.3, 0.4) is 0 Å². The normalized spacial score (nSPS) is 13.0. The summed E-state index contributed by atoms with van der Waals surface area (Å²) < 4.78 is 0. The first kappa shape index (κ1) is 8.48. The Kier molecular flexibility index (Phi) is 5.29. The molecule has 0 heterocycles. The van der Waals surface area contributed by atoms with Crippen LogP contribution >= 0.6 is 0 Å². The zero-order valence-electron chi connectivity index (χ0n) is 6.65. The molecule has 0 amide bonds. The fraction of sp³-hybridized carbons (Fsp3) is 0.556. The maximum absolute atomic E-state index is 2.22. The molecule has 0 aliphatic rings. The number of hydrogen-bond acceptors (Lipinski definition) is 0. The van der Waals surface area contributed by atoms with Gasteiger partial charge in [-0.2, -0.15) is 0 Å². The second-order valence-corrected chi connectivity index (χ2v) is 2.22. The minimum atomic E-state index is 1.20. The molecule has 0 rings (SSSR count). The highest BCUT2D eigenvalue weighted by Crippen LogP contribution is 1.96. The van der Waals surface area contributed by atoms with Crippen molar-refractivity contribution >= 4 is 0 Å². The van der Waals surface area contributed by atoms with Crippen molar-refractivity contribution in [3.05, 3.63) is 23.8 Å². The standard InChI is InChI=1S/C9H16/c1-4-6-7-8-9(3)5-2/h5,7-8H,4,6H2,1-3H3. The summed E-state index contributed by atoms with van der Waals surface area (Å²) in [5.74, 6) is 0. The Hall–Kier alpha value is -0.520. The molecular formula is C9H16. The fourth-order valence-electron chi connectivity index (χ4n) is 0.532. The summed E-state index contributed by atoms with van der Waals surface area (Å²) in [6.07, 6.45) is 8.95. The van der Waals surface area contributed by atoms with Crippen molar-refractivity contribution in [1.29, 1.82) is 0 Å². The Labute approximate surface area is 58.3 Å². The van der Waals surface area contributed by atoms with E-state index in [1.807, 2.05) is 0 Å². The smallest absolute Gasteiger partial charge is 0.0350 e. The first-order valence-electron chi connectivity index (χ1n) is 3.60. The molecule has 0 heteroatoms. The van der Waals surface area contributed by atoms with Crippen LogP contribution in [0.5, 0.6) is 0 Å². The molecule has 0 bridgehead atoms. The van der Waals surface area contributed by atoms with Gasteiger partial charge in [0.2, 0.25) is 0 Å². The van der Waals surface area contributed by atoms with Gasteiger partial charge in [0.15, 0.2) is 0 Å². The SMILES string of the molecule is CC=C(C)C=CCCC. The van der Waals surface area contributed by atoms with Crippen molar-refractivity contribution in [2.45, 2.75) is 33.6 Å². The topological polar surface area (TPSA) is 0 Å². The third kappa shape index (κ3) is 5.35. The Morgan fingerprint density at radius 1 is 1.44 bits per heavy atom. The number of rotatable bonds is 3. The molecule has 52 valence electrons. The van der Waals surface area contributed by atoms with Crippen LogP contribution in [-0.4, -0.2) is 0 Å². The Balaban J connectivity index is 3.45. The second kappa shape index (κ2) is 5.61. The van der Waals surface area contributed by atoms with Gasteiger partial charge in [-0.05, 0) is 20.3 Å². The zero-order valence-corrected chi connectivity index (χ0v) is 6.65. The van der Waals surface area contributed by atoms with Crippen LogP contribution in [0, 0.1) is 0 Å². The van der Waals surface area contributed by atoms with E-state index in [1.54, 1.807) is 0 Å². The molecule has 0 N–H and O–H groups in total. The monoisotopic (exact) mass is 124 g/mol. The molecule has 0 aromatic rings. The molecule has 0 radical (unpaired) electrons. The third-order valence-electron chi connectivity index (χ3n) is 1.29. The summed E-state index contributed by atoms with van der Waals surface area (Å²) in [5.41, 5.74) is 1.35. The van der Waals surface area contributed by atoms with Crippen molar-refractivity contribution in [2.75, 3.05) is 0 Å². The van der Waals surface area contributed by atoms with Crippen molar-refractivity contribution < 1.29 is 0 Å². The lowest BCUT2D eigenvalue weighted by Crippen LogP contribution is -1.65. The fourth-order valence-corrected chi connectivity index (χ4v) is 0.532. The lowest BCUT2D eigenvalue weighted by atomic mass is 10.2. The van der Waals surface area contributed by atoms with Gasteiger partial charge >= 0.3 is 0 Å². The van der Waals surface area contributed by atoms with E-state index in [9.17, 15) is 0 Å². The molecule has 9 heavy (non-hydrogen) atoms. The summed E-state index contributed by atoms with van der Waals surface area (Å²) >= 11 is 0. The lowest BCUT2D eigenvalue weighted by Gasteiger charge is -1.86. The van der Waals surface area contributed by atoms with Gasteiger partial charge in [-0.15, -0.1) is 0 Å². The summed E-state index contributed by atoms with van der Waals surface area (Å²) in [7, 11) is 0. The minimum Gasteiger partial charge on any atom is -0.0847 e. The van der Waals surface area contributed by atoms with E-state index >= 15 is 0 Å². The first-order chi connectivity index (χ1) is 4.31. The average molecular weight is 124 g/mol. The van der Waals surface area contributed by atoms with E-state index < -0.39 is 0 Å². The predicted octanol–water partition coefficient (Wildman–Crippen LogP) is 3.31. The van der Waals surface area contributed by atoms with Crippen LogP contribution in [-0.2, 0) is 0 Å². The van der Waals surface area contributed by atoms with Gasteiger partial charge in [-0.1, -0.05) is 37.1 Å². The second-order valence-electron chi connectivity index (χ2n) is 2.22. The van der Waals surface area contributed by atoms with Crippen molar-refractivity contribution in [1.82, 2.24) is 0 Å². The van der Waals surface area contributed by atoms with E-state index in [0.717, 1.165) is 0 Å². The summed E-state index contributed by atoms with van der Waals surface area (Å²) in [4.78, 5) is 0. The Morgan fingerprint density at radius 3 is 2.56 bits per heavy atom. The maximum atomic E-state index is 2.22. The number of unbranched alkanes of at least 4 members (excludes halogenated alkanes) is 1. The first-order valence-corrected chi connectivity index (χ1v) is 3.60. The van der Waals surface area contributed by atoms with E-state index in [0.29, 0.717) is 0 Å². The highest BCUT2D eigenvalue weighted by molar-refractivity contribution is 5.14. The van der Waals surface area contributed by atoms with Crippen LogP contribution in [0.1, 0.15) is 33.6 Å². The molecule has 0 fully saturated rings. The maximum Gasteiger partial charge on any atom is -0.0350 e. The van der Waals surface area contributed by atoms with Gasteiger partial charge in [0.05, 0.1) is 0 Å². The molecule has 0 aliphatic heterocycles. The summed E-state index contributed by atoms with van der Waals surface area (Å²) in [5, 5.41) is 0. The third-order valence-corrected chi connectivity index (χ3v) is 1.29. The van der Waals surface area contributed by atoms with Crippen LogP contribution < -0.4 is 0 Å². The van der Waals surface area contributed by atoms with Crippen LogP contribution in [0.4, 0.5) is 0 Å². The van der Waals surface area contributed by atoms with Gasteiger partial charge in [0, 0.05) is 0 Å². The zero-order chi connectivity index (χ0) is 7.11. The molecule has 0 spiro atoms. The summed E-state index contributed by atoms with van der Waals surface area (Å²) in [6, 6.07) is 0. The van der Waals surface area contributed by atoms with Crippen LogP contribution in [0.25, 0.3) is 0 Å². The van der Waals surface area contributed by atoms with Gasteiger partial charge in [0.1, 0.15) is 0 Å². The van der Waals surface area contributed by atoms with E-state index in [2.05, 4.69) is 39.0 Å². The molecule has 0 aliphatic carbocycles. The predicted molar refractivity (Wildman–Crippen MR) is 43.5 cm³/mol. The molecule has 0 saturated heterocycles. The Bertz CT molecular complexity index is 107. The van der Waals surface area contributed by atoms with Crippen LogP contribution in [0.15, 0.2) is 23.8 Å². The van der Waals surface area contributed by atoms with Crippen molar-refractivity contribution in [3.63, 3.8) is 0 Å². The van der Waals surface area contributed by atoms with E-state index in [4.69, 9.17) is 0 Å². The molecule has 0 unspecified atom stereocenters. The minimum absolute atomic E-state index is 1.20. The molecular weight excluding hydrogens is 108 g/mol. The van der Waals surface area contributed by atoms with Gasteiger partial charge in [-0.25, -0.2) is 0 Å². The molecule has 0 nitrogen and oxygen atoms in total. The van der Waals surface area contributed by atoms with Gasteiger partial charge in [0.25, 0.3) is 0 Å². The van der Waals surface area contributed by atoms with E-state index in [1.165, 1.54) is 18.4 Å². The van der Waals surface area contributed by atoms with Crippen molar-refractivity contribution in [2.24, 2.45) is 0 Å². The molecule has 0 atom stereocenters. The van der Waals surface area contributed by atoms with Gasteiger partial charge < -0.3 is 0 Å². The van der Waals surface area contributed by atoms with Crippen LogP contribution in [0.2, 0.25) is 0 Å². The highest BCUT2D eigenvalue weighted by Gasteiger charge is 1.75. The van der Waals surface area contributed by atoms with Crippen molar-refractivity contribution in [3.8, 4) is 0 Å². The average Bonchev–Trinajstić information content (AvgIpc) is 1.89. The highest BCUT2D eigenvalue weighted by atomic mass is 13.8.